The van der Waals surface area contributed by atoms with Crippen molar-refractivity contribution in [3.05, 3.63) is 0 Å². The van der Waals surface area contributed by atoms with Crippen LogP contribution in [-0.2, 0) is 0 Å². The lowest BCUT2D eigenvalue weighted by Crippen LogP contribution is -1.74. The van der Waals surface area contributed by atoms with Crippen LogP contribution >= 0.6 is 21.6 Å². The normalized spacial score (nSPS) is 11.4. The Morgan fingerprint density at radius 1 is 1.22 bits per heavy atom. The topological polar surface area (TPSA) is 0 Å². The average molecular weight is 165 g/mol. The van der Waals surface area contributed by atoms with Crippen LogP contribution < -0.4 is 0 Å². The first-order valence-corrected chi connectivity index (χ1v) is 5.94. The molecule has 0 aromatic rings. The maximum Gasteiger partial charge on any atom is 0.0231 e. The van der Waals surface area contributed by atoms with Gasteiger partial charge in [-0.2, -0.15) is 0 Å². The van der Waals surface area contributed by atoms with E-state index in [1.807, 2.05) is 21.6 Å². The van der Waals surface area contributed by atoms with Crippen LogP contribution in [0.25, 0.3) is 0 Å². The first kappa shape index (κ1) is 7.80. The summed E-state index contributed by atoms with van der Waals surface area (Å²) in [6, 6.07) is 0. The van der Waals surface area contributed by atoms with Gasteiger partial charge in [0, 0.05) is 12.9 Å². The summed E-state index contributed by atoms with van der Waals surface area (Å²) in [7, 11) is 3.87. The van der Waals surface area contributed by atoms with Crippen molar-refractivity contribution < 1.29 is 1.37 Å². The van der Waals surface area contributed by atoms with Gasteiger partial charge in [-0.05, 0) is 12.8 Å². The van der Waals surface area contributed by atoms with Gasteiger partial charge < -0.3 is 0 Å². The first-order valence-electron chi connectivity index (χ1n) is 4.16. The van der Waals surface area contributed by atoms with Crippen LogP contribution in [0.5, 0.6) is 0 Å². The van der Waals surface area contributed by atoms with E-state index in [4.69, 9.17) is 1.37 Å². The smallest absolute Gasteiger partial charge is 0.0231 e. The van der Waals surface area contributed by atoms with E-state index in [-0.39, 0.29) is 0 Å². The third-order valence-corrected chi connectivity index (χ3v) is 3.47. The zero-order chi connectivity index (χ0) is 7.66. The molecular weight excluding hydrogens is 148 g/mol. The van der Waals surface area contributed by atoms with Crippen molar-refractivity contribution in [1.29, 1.82) is 0 Å². The highest BCUT2D eigenvalue weighted by Gasteiger charge is 1.86. The van der Waals surface area contributed by atoms with Gasteiger partial charge in [0.2, 0.25) is 0 Å². The Balaban J connectivity index is 2.65. The van der Waals surface area contributed by atoms with E-state index in [1.54, 1.807) is 0 Å². The molecule has 0 N–H and O–H groups in total. The second-order valence-corrected chi connectivity index (χ2v) is 4.55. The standard InChI is InChI=1S/C7H16S2/c1-3-5-7-9-8-6-4-2/h3-7H2,1-2H3/i2D. The highest BCUT2D eigenvalue weighted by atomic mass is 33.1. The van der Waals surface area contributed by atoms with Crippen molar-refractivity contribution in [2.24, 2.45) is 0 Å². The fourth-order valence-corrected chi connectivity index (χ4v) is 2.55. The average Bonchev–Trinajstić information content (AvgIpc) is 1.97. The molecule has 0 radical (unpaired) electrons. The van der Waals surface area contributed by atoms with Crippen LogP contribution in [0.3, 0.4) is 0 Å². The predicted octanol–water partition coefficient (Wildman–Crippen LogP) is 3.58. The van der Waals surface area contributed by atoms with Crippen LogP contribution in [0, 0.1) is 0 Å². The molecule has 0 aliphatic heterocycles. The molecule has 0 amide bonds. The Morgan fingerprint density at radius 3 is 2.67 bits per heavy atom. The van der Waals surface area contributed by atoms with E-state index in [0.29, 0.717) is 6.90 Å². The van der Waals surface area contributed by atoms with Gasteiger partial charge in [0.25, 0.3) is 0 Å². The van der Waals surface area contributed by atoms with Crippen molar-refractivity contribution in [3.63, 3.8) is 0 Å². The molecule has 0 saturated carbocycles. The van der Waals surface area contributed by atoms with Gasteiger partial charge in [-0.1, -0.05) is 41.8 Å². The largest absolute Gasteiger partial charge is 0.0942 e. The lowest BCUT2D eigenvalue weighted by molar-refractivity contribution is 0.898. The SMILES string of the molecule is [2H]CCCSSCCCC. The molecule has 0 saturated heterocycles. The molecule has 2 heteroatoms. The molecule has 0 spiro atoms. The molecule has 0 nitrogen and oxygen atoms in total. The van der Waals surface area contributed by atoms with E-state index in [9.17, 15) is 0 Å². The van der Waals surface area contributed by atoms with Crippen LogP contribution in [0.15, 0.2) is 0 Å². The second-order valence-electron chi connectivity index (χ2n) is 1.85. The highest BCUT2D eigenvalue weighted by molar-refractivity contribution is 8.76. The Labute approximate surface area is 68.0 Å². The Bertz CT molecular complexity index is 51.6. The van der Waals surface area contributed by atoms with Crippen molar-refractivity contribution in [3.8, 4) is 0 Å². The van der Waals surface area contributed by atoms with Crippen molar-refractivity contribution in [2.75, 3.05) is 11.5 Å². The fourth-order valence-electron chi connectivity index (χ4n) is 0.380. The monoisotopic (exact) mass is 165 g/mol. The van der Waals surface area contributed by atoms with E-state index in [2.05, 4.69) is 6.92 Å². The molecule has 0 rings (SSSR count). The van der Waals surface area contributed by atoms with Crippen molar-refractivity contribution in [2.45, 2.75) is 33.1 Å². The van der Waals surface area contributed by atoms with Crippen LogP contribution in [0.2, 0.25) is 0 Å². The minimum atomic E-state index is 0.585. The molecule has 0 fully saturated rings. The van der Waals surface area contributed by atoms with Crippen LogP contribution in [0.1, 0.15) is 34.5 Å². The van der Waals surface area contributed by atoms with Gasteiger partial charge in [-0.25, -0.2) is 0 Å². The Hall–Kier alpha value is 0.700. The second kappa shape index (κ2) is 8.70. The van der Waals surface area contributed by atoms with Crippen molar-refractivity contribution in [1.82, 2.24) is 0 Å². The third kappa shape index (κ3) is 8.70. The number of unbranched alkanes of at least 4 members (excludes halogenated alkanes) is 1. The lowest BCUT2D eigenvalue weighted by Gasteiger charge is -1.95. The van der Waals surface area contributed by atoms with Gasteiger partial charge >= 0.3 is 0 Å². The first-order chi connectivity index (χ1) is 4.91. The van der Waals surface area contributed by atoms with Gasteiger partial charge in [-0.3, -0.25) is 0 Å². The molecule has 0 bridgehead atoms. The zero-order valence-electron chi connectivity index (χ0n) is 7.06. The summed E-state index contributed by atoms with van der Waals surface area (Å²) >= 11 is 0. The van der Waals surface area contributed by atoms with Gasteiger partial charge in [0.05, 0.1) is 0 Å². The predicted molar refractivity (Wildman–Crippen MR) is 50.1 cm³/mol. The highest BCUT2D eigenvalue weighted by Crippen LogP contribution is 2.22. The summed E-state index contributed by atoms with van der Waals surface area (Å²) in [5.74, 6) is 2.43. The quantitative estimate of drug-likeness (QED) is 0.436. The number of hydrogen-bond acceptors (Lipinski definition) is 2. The van der Waals surface area contributed by atoms with Gasteiger partial charge in [-0.15, -0.1) is 0 Å². The molecule has 0 aliphatic carbocycles. The minimum Gasteiger partial charge on any atom is -0.0942 e. The maximum atomic E-state index is 6.90. The third-order valence-electron chi connectivity index (χ3n) is 0.892. The number of rotatable bonds is 6. The Kier molecular flexibility index (Phi) is 7.54. The van der Waals surface area contributed by atoms with Crippen molar-refractivity contribution >= 4 is 21.6 Å². The van der Waals surface area contributed by atoms with Crippen LogP contribution in [-0.4, -0.2) is 11.5 Å². The molecule has 9 heavy (non-hydrogen) atoms. The lowest BCUT2D eigenvalue weighted by atomic mass is 10.4. The molecule has 0 atom stereocenters. The molecule has 0 aromatic carbocycles. The minimum absolute atomic E-state index is 0.585. The molecule has 0 aliphatic rings. The molecule has 0 heterocycles. The molecular formula is C7H16S2. The van der Waals surface area contributed by atoms with Gasteiger partial charge in [0.15, 0.2) is 0 Å². The van der Waals surface area contributed by atoms with Crippen LogP contribution in [0.4, 0.5) is 0 Å². The summed E-state index contributed by atoms with van der Waals surface area (Å²) in [5, 5.41) is 0. The summed E-state index contributed by atoms with van der Waals surface area (Å²) in [4.78, 5) is 0. The molecule has 0 unspecified atom stereocenters. The van der Waals surface area contributed by atoms with E-state index in [1.165, 1.54) is 18.6 Å². The summed E-state index contributed by atoms with van der Waals surface area (Å²) in [6.45, 7) is 2.80. The zero-order valence-corrected chi connectivity index (χ0v) is 7.69. The molecule has 0 aromatic heterocycles. The summed E-state index contributed by atoms with van der Waals surface area (Å²) in [5.41, 5.74) is 0. The van der Waals surface area contributed by atoms with E-state index >= 15 is 0 Å². The number of hydrogen-bond donors (Lipinski definition) is 0. The summed E-state index contributed by atoms with van der Waals surface area (Å²) in [6.07, 6.45) is 3.67. The molecule has 56 valence electrons. The van der Waals surface area contributed by atoms with E-state index in [0.717, 1.165) is 12.2 Å². The summed E-state index contributed by atoms with van der Waals surface area (Å²) < 4.78 is 6.90. The fraction of sp³-hybridized carbons (Fsp3) is 1.00. The van der Waals surface area contributed by atoms with E-state index < -0.39 is 0 Å². The Morgan fingerprint density at radius 2 is 2.00 bits per heavy atom. The van der Waals surface area contributed by atoms with Gasteiger partial charge in [0.1, 0.15) is 0 Å². The maximum absolute atomic E-state index is 6.90.